The standard InChI is InChI=1S/C17H24N2O2/c1-17(2)14(9-15(17)21-3)19-16(20)12-5-4-11-6-7-18-10-13(11)8-12/h4-5,8,14-15,18H,6-7,9-10H2,1-3H3,(H,19,20). The van der Waals surface area contributed by atoms with Gasteiger partial charge in [-0.3, -0.25) is 4.79 Å². The minimum absolute atomic E-state index is 0.000172. The van der Waals surface area contributed by atoms with Crippen LogP contribution in [0.2, 0.25) is 0 Å². The van der Waals surface area contributed by atoms with Crippen LogP contribution in [0.15, 0.2) is 18.2 Å². The van der Waals surface area contributed by atoms with Crippen LogP contribution in [0.1, 0.15) is 41.8 Å². The van der Waals surface area contributed by atoms with Gasteiger partial charge in [-0.1, -0.05) is 19.9 Å². The molecular formula is C17H24N2O2. The molecule has 3 rings (SSSR count). The molecule has 1 aromatic rings. The molecule has 0 radical (unpaired) electrons. The second-order valence-electron chi connectivity index (χ2n) is 6.72. The van der Waals surface area contributed by atoms with Gasteiger partial charge >= 0.3 is 0 Å². The van der Waals surface area contributed by atoms with E-state index >= 15 is 0 Å². The van der Waals surface area contributed by atoms with Crippen molar-refractivity contribution < 1.29 is 9.53 Å². The first kappa shape index (κ1) is 14.5. The summed E-state index contributed by atoms with van der Waals surface area (Å²) in [5.41, 5.74) is 3.36. The summed E-state index contributed by atoms with van der Waals surface area (Å²) in [6, 6.07) is 6.24. The highest BCUT2D eigenvalue weighted by Crippen LogP contribution is 2.42. The number of carbonyl (C=O) groups excluding carboxylic acids is 1. The molecule has 1 aliphatic heterocycles. The number of amides is 1. The second kappa shape index (κ2) is 5.43. The fraction of sp³-hybridized carbons (Fsp3) is 0.588. The number of rotatable bonds is 3. The van der Waals surface area contributed by atoms with E-state index < -0.39 is 0 Å². The summed E-state index contributed by atoms with van der Waals surface area (Å²) in [5, 5.41) is 6.50. The van der Waals surface area contributed by atoms with E-state index in [-0.39, 0.29) is 23.5 Å². The van der Waals surface area contributed by atoms with Gasteiger partial charge in [-0.05, 0) is 42.6 Å². The predicted molar refractivity (Wildman–Crippen MR) is 82.3 cm³/mol. The Bertz CT molecular complexity index is 554. The maximum absolute atomic E-state index is 12.4. The molecule has 2 aliphatic rings. The number of hydrogen-bond acceptors (Lipinski definition) is 3. The molecule has 1 saturated carbocycles. The van der Waals surface area contributed by atoms with E-state index in [4.69, 9.17) is 4.74 Å². The molecule has 0 saturated heterocycles. The summed E-state index contributed by atoms with van der Waals surface area (Å²) in [6.45, 7) is 6.17. The molecule has 4 nitrogen and oxygen atoms in total. The van der Waals surface area contributed by atoms with E-state index in [0.717, 1.165) is 31.5 Å². The van der Waals surface area contributed by atoms with Gasteiger partial charge in [-0.15, -0.1) is 0 Å². The minimum atomic E-state index is 0.000172. The largest absolute Gasteiger partial charge is 0.381 e. The average molecular weight is 288 g/mol. The lowest BCUT2D eigenvalue weighted by molar-refractivity contribution is -0.0942. The van der Waals surface area contributed by atoms with E-state index in [1.165, 1.54) is 11.1 Å². The molecule has 1 aliphatic carbocycles. The molecule has 2 atom stereocenters. The van der Waals surface area contributed by atoms with Gasteiger partial charge in [-0.2, -0.15) is 0 Å². The van der Waals surface area contributed by atoms with Crippen LogP contribution in [-0.2, 0) is 17.7 Å². The molecule has 2 unspecified atom stereocenters. The van der Waals surface area contributed by atoms with Gasteiger partial charge in [0.1, 0.15) is 0 Å². The van der Waals surface area contributed by atoms with Gasteiger partial charge in [-0.25, -0.2) is 0 Å². The quantitative estimate of drug-likeness (QED) is 0.893. The van der Waals surface area contributed by atoms with Crippen LogP contribution in [0.25, 0.3) is 0 Å². The van der Waals surface area contributed by atoms with Gasteiger partial charge < -0.3 is 15.4 Å². The Kier molecular flexibility index (Phi) is 3.76. The van der Waals surface area contributed by atoms with E-state index in [1.54, 1.807) is 7.11 Å². The number of hydrogen-bond donors (Lipinski definition) is 2. The van der Waals surface area contributed by atoms with E-state index in [0.29, 0.717) is 0 Å². The van der Waals surface area contributed by atoms with Crippen LogP contribution < -0.4 is 10.6 Å². The molecule has 0 spiro atoms. The average Bonchev–Trinajstić information content (AvgIpc) is 2.50. The van der Waals surface area contributed by atoms with Crippen LogP contribution >= 0.6 is 0 Å². The Morgan fingerprint density at radius 1 is 1.38 bits per heavy atom. The lowest BCUT2D eigenvalue weighted by atomic mass is 9.64. The zero-order valence-corrected chi connectivity index (χ0v) is 13.0. The maximum Gasteiger partial charge on any atom is 0.251 e. The number of fused-ring (bicyclic) bond motifs is 1. The predicted octanol–water partition coefficient (Wildman–Crippen LogP) is 1.88. The van der Waals surface area contributed by atoms with Crippen LogP contribution in [-0.4, -0.2) is 31.7 Å². The molecule has 1 heterocycles. The van der Waals surface area contributed by atoms with E-state index in [2.05, 4.69) is 30.5 Å². The summed E-state index contributed by atoms with van der Waals surface area (Å²) in [7, 11) is 1.74. The van der Waals surface area contributed by atoms with Crippen LogP contribution in [0, 0.1) is 5.41 Å². The monoisotopic (exact) mass is 288 g/mol. The van der Waals surface area contributed by atoms with Crippen molar-refractivity contribution in [3.8, 4) is 0 Å². The number of carbonyl (C=O) groups is 1. The Balaban J connectivity index is 1.69. The van der Waals surface area contributed by atoms with Gasteiger partial charge in [0.25, 0.3) is 5.91 Å². The van der Waals surface area contributed by atoms with Crippen molar-refractivity contribution in [3.63, 3.8) is 0 Å². The highest BCUT2D eigenvalue weighted by molar-refractivity contribution is 5.94. The molecule has 1 aromatic carbocycles. The molecule has 1 amide bonds. The Labute approximate surface area is 126 Å². The van der Waals surface area contributed by atoms with Crippen molar-refractivity contribution >= 4 is 5.91 Å². The van der Waals surface area contributed by atoms with Crippen molar-refractivity contribution in [2.45, 2.75) is 45.4 Å². The zero-order chi connectivity index (χ0) is 15.0. The zero-order valence-electron chi connectivity index (χ0n) is 13.0. The lowest BCUT2D eigenvalue weighted by Gasteiger charge is -2.51. The van der Waals surface area contributed by atoms with Crippen LogP contribution in [0.5, 0.6) is 0 Å². The van der Waals surface area contributed by atoms with E-state index in [1.807, 2.05) is 12.1 Å². The van der Waals surface area contributed by atoms with Crippen molar-refractivity contribution in [1.29, 1.82) is 0 Å². The summed E-state index contributed by atoms with van der Waals surface area (Å²) in [4.78, 5) is 12.4. The smallest absolute Gasteiger partial charge is 0.251 e. The topological polar surface area (TPSA) is 50.4 Å². The fourth-order valence-corrected chi connectivity index (χ4v) is 3.39. The summed E-state index contributed by atoms with van der Waals surface area (Å²) < 4.78 is 5.43. The summed E-state index contributed by atoms with van der Waals surface area (Å²) in [5.74, 6) is 0.0241. The molecule has 114 valence electrons. The van der Waals surface area contributed by atoms with Gasteiger partial charge in [0.15, 0.2) is 0 Å². The van der Waals surface area contributed by atoms with Gasteiger partial charge in [0.2, 0.25) is 0 Å². The van der Waals surface area contributed by atoms with Crippen molar-refractivity contribution in [2.75, 3.05) is 13.7 Å². The molecule has 0 aromatic heterocycles. The molecule has 4 heteroatoms. The first-order valence-corrected chi connectivity index (χ1v) is 7.68. The molecular weight excluding hydrogens is 264 g/mol. The third kappa shape index (κ3) is 2.58. The molecule has 0 bridgehead atoms. The molecule has 2 N–H and O–H groups in total. The van der Waals surface area contributed by atoms with Crippen molar-refractivity contribution in [1.82, 2.24) is 10.6 Å². The number of methoxy groups -OCH3 is 1. The first-order chi connectivity index (χ1) is 10.0. The van der Waals surface area contributed by atoms with Gasteiger partial charge in [0, 0.05) is 30.7 Å². The lowest BCUT2D eigenvalue weighted by Crippen LogP contribution is -2.61. The maximum atomic E-state index is 12.4. The Morgan fingerprint density at radius 3 is 2.90 bits per heavy atom. The Morgan fingerprint density at radius 2 is 2.19 bits per heavy atom. The third-order valence-corrected chi connectivity index (χ3v) is 5.12. The summed E-state index contributed by atoms with van der Waals surface area (Å²) in [6.07, 6.45) is 2.17. The SMILES string of the molecule is COC1CC(NC(=O)c2ccc3c(c2)CNCC3)C1(C)C. The number of nitrogens with one attached hydrogen (secondary N) is 2. The number of benzene rings is 1. The summed E-state index contributed by atoms with van der Waals surface area (Å²) >= 11 is 0. The first-order valence-electron chi connectivity index (χ1n) is 7.68. The van der Waals surface area contributed by atoms with Crippen LogP contribution in [0.3, 0.4) is 0 Å². The van der Waals surface area contributed by atoms with Crippen molar-refractivity contribution in [2.24, 2.45) is 5.41 Å². The molecule has 1 fully saturated rings. The minimum Gasteiger partial charge on any atom is -0.381 e. The van der Waals surface area contributed by atoms with Crippen molar-refractivity contribution in [3.05, 3.63) is 34.9 Å². The molecule has 21 heavy (non-hydrogen) atoms. The van der Waals surface area contributed by atoms with Gasteiger partial charge in [0.05, 0.1) is 6.10 Å². The van der Waals surface area contributed by atoms with Crippen LogP contribution in [0.4, 0.5) is 0 Å². The second-order valence-corrected chi connectivity index (χ2v) is 6.72. The third-order valence-electron chi connectivity index (χ3n) is 5.12. The van der Waals surface area contributed by atoms with E-state index in [9.17, 15) is 4.79 Å². The highest BCUT2D eigenvalue weighted by atomic mass is 16.5. The fourth-order valence-electron chi connectivity index (χ4n) is 3.39. The Hall–Kier alpha value is -1.39. The number of ether oxygens (including phenoxy) is 1. The normalized spacial score (nSPS) is 26.6. The highest BCUT2D eigenvalue weighted by Gasteiger charge is 2.49.